The van der Waals surface area contributed by atoms with Crippen molar-refractivity contribution in [3.63, 3.8) is 0 Å². The summed E-state index contributed by atoms with van der Waals surface area (Å²) < 4.78 is 12.9. The highest BCUT2D eigenvalue weighted by molar-refractivity contribution is 5.91. The van der Waals surface area contributed by atoms with Crippen molar-refractivity contribution in [3.05, 3.63) is 35.6 Å². The van der Waals surface area contributed by atoms with Gasteiger partial charge in [-0.25, -0.2) is 4.39 Å². The van der Waals surface area contributed by atoms with Crippen LogP contribution in [0.5, 0.6) is 0 Å². The molecule has 1 aliphatic carbocycles. The minimum atomic E-state index is -0.938. The third kappa shape index (κ3) is 2.75. The van der Waals surface area contributed by atoms with Crippen LogP contribution in [0.3, 0.4) is 0 Å². The van der Waals surface area contributed by atoms with E-state index in [4.69, 9.17) is 5.11 Å². The average molecular weight is 265 g/mol. The fourth-order valence-corrected chi connectivity index (χ4v) is 2.04. The van der Waals surface area contributed by atoms with Gasteiger partial charge in [-0.3, -0.25) is 9.59 Å². The lowest BCUT2D eigenvalue weighted by atomic mass is 9.95. The molecule has 1 aromatic rings. The quantitative estimate of drug-likeness (QED) is 0.851. The van der Waals surface area contributed by atoms with Crippen LogP contribution in [0.2, 0.25) is 0 Å². The molecule has 1 saturated carbocycles. The number of benzene rings is 1. The van der Waals surface area contributed by atoms with E-state index in [1.807, 2.05) is 0 Å². The molecule has 0 radical (unpaired) electrons. The molecule has 0 saturated heterocycles. The minimum absolute atomic E-state index is 0.108. The molecule has 5 heteroatoms. The number of nitrogens with one attached hydrogen (secondary N) is 1. The van der Waals surface area contributed by atoms with E-state index < -0.39 is 17.3 Å². The standard InChI is InChI=1S/C14H16FNO3/c1-9(12(17)18)8-16-13(19)14(6-7-14)10-2-4-11(15)5-3-10/h2-5,9H,6-8H2,1H3,(H,16,19)(H,17,18)/t9-/m0/s1. The Balaban J connectivity index is 2.02. The Labute approximate surface area is 110 Å². The van der Waals surface area contributed by atoms with Gasteiger partial charge in [0.25, 0.3) is 0 Å². The molecule has 1 amide bonds. The first-order valence-electron chi connectivity index (χ1n) is 6.23. The lowest BCUT2D eigenvalue weighted by Gasteiger charge is -2.17. The third-order valence-corrected chi connectivity index (χ3v) is 3.57. The van der Waals surface area contributed by atoms with Crippen molar-refractivity contribution in [1.82, 2.24) is 5.32 Å². The highest BCUT2D eigenvalue weighted by Gasteiger charge is 2.51. The Kier molecular flexibility index (Phi) is 3.55. The normalized spacial score (nSPS) is 17.6. The van der Waals surface area contributed by atoms with Gasteiger partial charge in [0.05, 0.1) is 11.3 Å². The number of hydrogen-bond donors (Lipinski definition) is 2. The minimum Gasteiger partial charge on any atom is -0.481 e. The van der Waals surface area contributed by atoms with Gasteiger partial charge in [0.2, 0.25) is 5.91 Å². The van der Waals surface area contributed by atoms with Gasteiger partial charge in [0, 0.05) is 6.54 Å². The molecule has 19 heavy (non-hydrogen) atoms. The van der Waals surface area contributed by atoms with E-state index >= 15 is 0 Å². The second-order valence-electron chi connectivity index (χ2n) is 5.04. The number of rotatable bonds is 5. The van der Waals surface area contributed by atoms with Crippen molar-refractivity contribution in [1.29, 1.82) is 0 Å². The molecule has 0 aliphatic heterocycles. The number of carbonyl (C=O) groups excluding carboxylic acids is 1. The Morgan fingerprint density at radius 2 is 1.95 bits per heavy atom. The maximum Gasteiger partial charge on any atom is 0.308 e. The van der Waals surface area contributed by atoms with Crippen LogP contribution in [0.4, 0.5) is 4.39 Å². The number of carboxylic acids is 1. The van der Waals surface area contributed by atoms with E-state index in [-0.39, 0.29) is 18.3 Å². The van der Waals surface area contributed by atoms with Gasteiger partial charge in [-0.1, -0.05) is 19.1 Å². The lowest BCUT2D eigenvalue weighted by Crippen LogP contribution is -2.38. The van der Waals surface area contributed by atoms with Gasteiger partial charge in [0.1, 0.15) is 5.82 Å². The molecular weight excluding hydrogens is 249 g/mol. The van der Waals surface area contributed by atoms with Gasteiger partial charge in [-0.2, -0.15) is 0 Å². The smallest absolute Gasteiger partial charge is 0.308 e. The van der Waals surface area contributed by atoms with Crippen LogP contribution in [-0.4, -0.2) is 23.5 Å². The molecule has 4 nitrogen and oxygen atoms in total. The van der Waals surface area contributed by atoms with Crippen molar-refractivity contribution in [2.45, 2.75) is 25.2 Å². The average Bonchev–Trinajstić information content (AvgIpc) is 3.17. The van der Waals surface area contributed by atoms with E-state index in [0.29, 0.717) is 12.8 Å². The maximum absolute atomic E-state index is 12.9. The zero-order valence-corrected chi connectivity index (χ0v) is 10.6. The Bertz CT molecular complexity index is 494. The largest absolute Gasteiger partial charge is 0.481 e. The Morgan fingerprint density at radius 3 is 2.42 bits per heavy atom. The number of aliphatic carboxylic acids is 1. The van der Waals surface area contributed by atoms with Gasteiger partial charge in [-0.15, -0.1) is 0 Å². The van der Waals surface area contributed by atoms with Gasteiger partial charge >= 0.3 is 5.97 Å². The molecule has 1 fully saturated rings. The summed E-state index contributed by atoms with van der Waals surface area (Å²) in [6, 6.07) is 5.90. The molecule has 102 valence electrons. The van der Waals surface area contributed by atoms with Crippen molar-refractivity contribution in [3.8, 4) is 0 Å². The molecule has 1 atom stereocenters. The summed E-state index contributed by atoms with van der Waals surface area (Å²) in [7, 11) is 0. The van der Waals surface area contributed by atoms with E-state index in [0.717, 1.165) is 5.56 Å². The number of carbonyl (C=O) groups is 2. The molecule has 0 aromatic heterocycles. The topological polar surface area (TPSA) is 66.4 Å². The number of hydrogen-bond acceptors (Lipinski definition) is 2. The number of halogens is 1. The highest BCUT2D eigenvalue weighted by atomic mass is 19.1. The van der Waals surface area contributed by atoms with Crippen LogP contribution in [0, 0.1) is 11.7 Å². The van der Waals surface area contributed by atoms with Crippen LogP contribution >= 0.6 is 0 Å². The molecule has 0 heterocycles. The van der Waals surface area contributed by atoms with Crippen LogP contribution in [0.1, 0.15) is 25.3 Å². The van der Waals surface area contributed by atoms with Crippen LogP contribution in [-0.2, 0) is 15.0 Å². The predicted molar refractivity (Wildman–Crippen MR) is 67.1 cm³/mol. The fraction of sp³-hybridized carbons (Fsp3) is 0.429. The zero-order chi connectivity index (χ0) is 14.0. The predicted octanol–water partition coefficient (Wildman–Crippen LogP) is 1.69. The SMILES string of the molecule is C[C@@H](CNC(=O)C1(c2ccc(F)cc2)CC1)C(=O)O. The van der Waals surface area contributed by atoms with Crippen molar-refractivity contribution >= 4 is 11.9 Å². The summed E-state index contributed by atoms with van der Waals surface area (Å²) in [4.78, 5) is 22.8. The molecule has 0 bridgehead atoms. The summed E-state index contributed by atoms with van der Waals surface area (Å²) in [5.74, 6) is -2.06. The van der Waals surface area contributed by atoms with Crippen LogP contribution in [0.15, 0.2) is 24.3 Å². The van der Waals surface area contributed by atoms with Crippen molar-refractivity contribution < 1.29 is 19.1 Å². The molecule has 2 N–H and O–H groups in total. The first kappa shape index (κ1) is 13.5. The molecule has 1 aliphatic rings. The first-order chi connectivity index (χ1) is 8.95. The second kappa shape index (κ2) is 4.99. The Hall–Kier alpha value is -1.91. The second-order valence-corrected chi connectivity index (χ2v) is 5.04. The molecule has 1 aromatic carbocycles. The third-order valence-electron chi connectivity index (χ3n) is 3.57. The highest BCUT2D eigenvalue weighted by Crippen LogP contribution is 2.48. The number of carboxylic acid groups (broad SMARTS) is 1. The van der Waals surface area contributed by atoms with Gasteiger partial charge < -0.3 is 10.4 Å². The molecule has 2 rings (SSSR count). The van der Waals surface area contributed by atoms with E-state index in [1.54, 1.807) is 19.1 Å². The summed E-state index contributed by atoms with van der Waals surface area (Å²) in [5, 5.41) is 11.4. The van der Waals surface area contributed by atoms with Gasteiger partial charge in [0.15, 0.2) is 0 Å². The first-order valence-corrected chi connectivity index (χ1v) is 6.23. The summed E-state index contributed by atoms with van der Waals surface area (Å²) in [6.07, 6.45) is 1.43. The molecule has 0 unspecified atom stereocenters. The maximum atomic E-state index is 12.9. The van der Waals surface area contributed by atoms with Crippen LogP contribution in [0.25, 0.3) is 0 Å². The fourth-order valence-electron chi connectivity index (χ4n) is 2.04. The van der Waals surface area contributed by atoms with Crippen LogP contribution < -0.4 is 5.32 Å². The van der Waals surface area contributed by atoms with Crippen molar-refractivity contribution in [2.75, 3.05) is 6.54 Å². The summed E-state index contributed by atoms with van der Waals surface area (Å²) in [5.41, 5.74) is 0.195. The molecular formula is C14H16FNO3. The van der Waals surface area contributed by atoms with E-state index in [1.165, 1.54) is 12.1 Å². The van der Waals surface area contributed by atoms with E-state index in [9.17, 15) is 14.0 Å². The van der Waals surface area contributed by atoms with Gasteiger partial charge in [-0.05, 0) is 30.5 Å². The zero-order valence-electron chi connectivity index (χ0n) is 10.6. The summed E-state index contributed by atoms with van der Waals surface area (Å²) >= 11 is 0. The lowest BCUT2D eigenvalue weighted by molar-refractivity contribution is -0.141. The summed E-state index contributed by atoms with van der Waals surface area (Å²) in [6.45, 7) is 1.65. The van der Waals surface area contributed by atoms with Crippen molar-refractivity contribution in [2.24, 2.45) is 5.92 Å². The Morgan fingerprint density at radius 1 is 1.37 bits per heavy atom. The van der Waals surface area contributed by atoms with E-state index in [2.05, 4.69) is 5.32 Å². The monoisotopic (exact) mass is 265 g/mol. The number of amides is 1. The molecule has 0 spiro atoms.